The molecular formula is C20H21N. The van der Waals surface area contributed by atoms with Gasteiger partial charge in [-0.25, -0.2) is 0 Å². The second-order valence-electron chi connectivity index (χ2n) is 5.50. The normalized spacial score (nSPS) is 10.9. The van der Waals surface area contributed by atoms with E-state index >= 15 is 0 Å². The van der Waals surface area contributed by atoms with Gasteiger partial charge in [-0.3, -0.25) is 0 Å². The first kappa shape index (κ1) is 13.8. The number of hydrogen-bond donors (Lipinski definition) is 1. The average molecular weight is 275 g/mol. The molecule has 0 fully saturated rings. The summed E-state index contributed by atoms with van der Waals surface area (Å²) < 4.78 is 0. The molecule has 0 heterocycles. The van der Waals surface area contributed by atoms with Crippen LogP contribution in [0.25, 0.3) is 10.8 Å². The zero-order chi connectivity index (χ0) is 14.5. The van der Waals surface area contributed by atoms with Crippen LogP contribution in [0.3, 0.4) is 0 Å². The van der Waals surface area contributed by atoms with Gasteiger partial charge in [0, 0.05) is 6.54 Å². The van der Waals surface area contributed by atoms with Gasteiger partial charge < -0.3 is 5.32 Å². The summed E-state index contributed by atoms with van der Waals surface area (Å²) in [6.07, 6.45) is 1.06. The molecule has 0 radical (unpaired) electrons. The monoisotopic (exact) mass is 275 g/mol. The Kier molecular flexibility index (Phi) is 4.32. The number of aryl methyl sites for hydroxylation is 1. The van der Waals surface area contributed by atoms with Crippen molar-refractivity contribution in [2.75, 3.05) is 6.54 Å². The first-order valence-corrected chi connectivity index (χ1v) is 7.56. The summed E-state index contributed by atoms with van der Waals surface area (Å²) >= 11 is 0. The lowest BCUT2D eigenvalue weighted by atomic mass is 9.98. The van der Waals surface area contributed by atoms with E-state index < -0.39 is 0 Å². The maximum Gasteiger partial charge on any atom is 0.0205 e. The molecule has 21 heavy (non-hydrogen) atoms. The van der Waals surface area contributed by atoms with Crippen molar-refractivity contribution < 1.29 is 0 Å². The molecule has 3 aromatic carbocycles. The van der Waals surface area contributed by atoms with Crippen LogP contribution in [0.5, 0.6) is 0 Å². The molecule has 3 aromatic rings. The first-order valence-electron chi connectivity index (χ1n) is 7.56. The van der Waals surface area contributed by atoms with Gasteiger partial charge in [0.25, 0.3) is 0 Å². The van der Waals surface area contributed by atoms with Gasteiger partial charge in [-0.05, 0) is 47.4 Å². The minimum absolute atomic E-state index is 0.935. The van der Waals surface area contributed by atoms with Gasteiger partial charge in [0.15, 0.2) is 0 Å². The van der Waals surface area contributed by atoms with Crippen LogP contribution in [0.15, 0.2) is 66.7 Å². The Morgan fingerprint density at radius 2 is 1.48 bits per heavy atom. The van der Waals surface area contributed by atoms with E-state index in [-0.39, 0.29) is 0 Å². The minimum atomic E-state index is 0.935. The lowest BCUT2D eigenvalue weighted by molar-refractivity contribution is 0.688. The zero-order valence-electron chi connectivity index (χ0n) is 12.5. The van der Waals surface area contributed by atoms with Gasteiger partial charge >= 0.3 is 0 Å². The van der Waals surface area contributed by atoms with Crippen LogP contribution in [0.4, 0.5) is 0 Å². The second-order valence-corrected chi connectivity index (χ2v) is 5.50. The van der Waals surface area contributed by atoms with E-state index in [2.05, 4.69) is 79.0 Å². The quantitative estimate of drug-likeness (QED) is 0.677. The van der Waals surface area contributed by atoms with Crippen molar-refractivity contribution in [1.29, 1.82) is 0 Å². The summed E-state index contributed by atoms with van der Waals surface area (Å²) in [7, 11) is 0. The third-order valence-electron chi connectivity index (χ3n) is 3.98. The fourth-order valence-electron chi connectivity index (χ4n) is 2.78. The molecule has 0 aliphatic heterocycles. The molecule has 0 amide bonds. The Balaban J connectivity index is 1.65. The van der Waals surface area contributed by atoms with Crippen LogP contribution in [0, 0.1) is 6.92 Å². The third kappa shape index (κ3) is 3.32. The maximum absolute atomic E-state index is 3.53. The van der Waals surface area contributed by atoms with Gasteiger partial charge in [-0.2, -0.15) is 0 Å². The van der Waals surface area contributed by atoms with E-state index in [1.54, 1.807) is 0 Å². The molecule has 0 spiro atoms. The molecule has 1 heteroatoms. The molecule has 0 aliphatic rings. The highest BCUT2D eigenvalue weighted by molar-refractivity contribution is 5.88. The molecule has 0 saturated carbocycles. The molecule has 1 N–H and O–H groups in total. The molecule has 0 atom stereocenters. The maximum atomic E-state index is 3.53. The molecule has 0 bridgehead atoms. The number of hydrogen-bond acceptors (Lipinski definition) is 1. The number of benzene rings is 3. The van der Waals surface area contributed by atoms with Crippen LogP contribution in [-0.4, -0.2) is 6.54 Å². The van der Waals surface area contributed by atoms with Crippen molar-refractivity contribution in [3.63, 3.8) is 0 Å². The predicted octanol–water partition coefficient (Wildman–Crippen LogP) is 4.48. The van der Waals surface area contributed by atoms with Crippen molar-refractivity contribution in [2.45, 2.75) is 19.9 Å². The Morgan fingerprint density at radius 1 is 0.762 bits per heavy atom. The Labute approximate surface area is 126 Å². The minimum Gasteiger partial charge on any atom is -0.312 e. The molecule has 1 nitrogen and oxygen atoms in total. The van der Waals surface area contributed by atoms with Crippen LogP contribution >= 0.6 is 0 Å². The van der Waals surface area contributed by atoms with Crippen LogP contribution in [0.2, 0.25) is 0 Å². The fourth-order valence-corrected chi connectivity index (χ4v) is 2.78. The zero-order valence-corrected chi connectivity index (χ0v) is 12.5. The standard InChI is InChI=1S/C20H21N/c1-16-11-12-18(20-10-6-5-9-19(16)20)13-14-21-15-17-7-3-2-4-8-17/h2-12,21H,13-15H2,1H3. The van der Waals surface area contributed by atoms with Gasteiger partial charge in [-0.15, -0.1) is 0 Å². The number of fused-ring (bicyclic) bond motifs is 1. The SMILES string of the molecule is Cc1ccc(CCNCc2ccccc2)c2ccccc12. The first-order chi connectivity index (χ1) is 10.3. The van der Waals surface area contributed by atoms with Crippen molar-refractivity contribution in [3.8, 4) is 0 Å². The van der Waals surface area contributed by atoms with Gasteiger partial charge in [0.05, 0.1) is 0 Å². The largest absolute Gasteiger partial charge is 0.312 e. The molecule has 3 rings (SSSR count). The average Bonchev–Trinajstić information content (AvgIpc) is 2.55. The van der Waals surface area contributed by atoms with Gasteiger partial charge in [0.2, 0.25) is 0 Å². The van der Waals surface area contributed by atoms with E-state index in [4.69, 9.17) is 0 Å². The van der Waals surface area contributed by atoms with Crippen LogP contribution < -0.4 is 5.32 Å². The smallest absolute Gasteiger partial charge is 0.0205 e. The van der Waals surface area contributed by atoms with Crippen molar-refractivity contribution in [1.82, 2.24) is 5.32 Å². The van der Waals surface area contributed by atoms with Gasteiger partial charge in [0.1, 0.15) is 0 Å². The highest BCUT2D eigenvalue weighted by Crippen LogP contribution is 2.22. The number of rotatable bonds is 5. The lowest BCUT2D eigenvalue weighted by Gasteiger charge is -2.10. The highest BCUT2D eigenvalue weighted by atomic mass is 14.8. The lowest BCUT2D eigenvalue weighted by Crippen LogP contribution is -2.16. The van der Waals surface area contributed by atoms with E-state index in [0.29, 0.717) is 0 Å². The van der Waals surface area contributed by atoms with Crippen LogP contribution in [-0.2, 0) is 13.0 Å². The van der Waals surface area contributed by atoms with Crippen molar-refractivity contribution in [3.05, 3.63) is 83.4 Å². The summed E-state index contributed by atoms with van der Waals surface area (Å²) in [4.78, 5) is 0. The summed E-state index contributed by atoms with van der Waals surface area (Å²) in [6, 6.07) is 23.7. The van der Waals surface area contributed by atoms with E-state index in [9.17, 15) is 0 Å². The molecule has 0 aromatic heterocycles. The van der Waals surface area contributed by atoms with Crippen molar-refractivity contribution in [2.24, 2.45) is 0 Å². The Hall–Kier alpha value is -2.12. The molecule has 0 saturated heterocycles. The molecular weight excluding hydrogens is 254 g/mol. The Bertz CT molecular complexity index is 716. The third-order valence-corrected chi connectivity index (χ3v) is 3.98. The molecule has 0 unspecified atom stereocenters. The molecule has 106 valence electrons. The van der Waals surface area contributed by atoms with E-state index in [1.807, 2.05) is 0 Å². The van der Waals surface area contributed by atoms with Crippen LogP contribution in [0.1, 0.15) is 16.7 Å². The predicted molar refractivity (Wildman–Crippen MR) is 90.5 cm³/mol. The summed E-state index contributed by atoms with van der Waals surface area (Å²) in [6.45, 7) is 4.12. The summed E-state index contributed by atoms with van der Waals surface area (Å²) in [5.74, 6) is 0. The van der Waals surface area contributed by atoms with Crippen molar-refractivity contribution >= 4 is 10.8 Å². The summed E-state index contributed by atoms with van der Waals surface area (Å²) in [5.41, 5.74) is 4.12. The van der Waals surface area contributed by atoms with Gasteiger partial charge in [-0.1, -0.05) is 66.7 Å². The Morgan fingerprint density at radius 3 is 2.29 bits per heavy atom. The molecule has 0 aliphatic carbocycles. The van der Waals surface area contributed by atoms with E-state index in [0.717, 1.165) is 19.5 Å². The van der Waals surface area contributed by atoms with E-state index in [1.165, 1.54) is 27.5 Å². The number of nitrogens with one attached hydrogen (secondary N) is 1. The second kappa shape index (κ2) is 6.55. The fraction of sp³-hybridized carbons (Fsp3) is 0.200. The summed E-state index contributed by atoms with van der Waals surface area (Å²) in [5, 5.41) is 6.29. The highest BCUT2D eigenvalue weighted by Gasteiger charge is 2.02. The topological polar surface area (TPSA) is 12.0 Å².